The Morgan fingerprint density at radius 3 is 2.28 bits per heavy atom. The zero-order valence-electron chi connectivity index (χ0n) is 27.6. The second kappa shape index (κ2) is 14.2. The number of rotatable bonds is 12. The molecule has 0 aliphatic carbocycles. The number of ether oxygens (including phenoxy) is 1. The van der Waals surface area contributed by atoms with Gasteiger partial charge in [0.15, 0.2) is 11.6 Å². The molecule has 0 radical (unpaired) electrons. The molecule has 0 aromatic heterocycles. The Labute approximate surface area is 284 Å². The number of hydrogen-bond acceptors (Lipinski definition) is 8. The number of Topliss-reactive ketones (excluding diaryl/α,β-unsaturated/α-hetero) is 2. The number of ketones is 2. The van der Waals surface area contributed by atoms with Gasteiger partial charge in [0, 0.05) is 12.1 Å². The number of benzene rings is 3. The molecule has 1 fully saturated rings. The summed E-state index contributed by atoms with van der Waals surface area (Å²) in [7, 11) is 0. The molecule has 10 nitrogen and oxygen atoms in total. The summed E-state index contributed by atoms with van der Waals surface area (Å²) in [6, 6.07) is 19.1. The van der Waals surface area contributed by atoms with E-state index in [0.717, 1.165) is 10.8 Å². The van der Waals surface area contributed by atoms with Crippen molar-refractivity contribution in [2.45, 2.75) is 76.7 Å². The molecule has 3 aromatic carbocycles. The lowest BCUT2D eigenvalue weighted by Gasteiger charge is -2.40. The molecule has 11 heteroatoms. The summed E-state index contributed by atoms with van der Waals surface area (Å²) >= 11 is 3.55. The number of carbonyl (C=O) groups is 4. The summed E-state index contributed by atoms with van der Waals surface area (Å²) in [5.74, 6) is -4.99. The Bertz CT molecular complexity index is 1640. The smallest absolute Gasteiger partial charge is 0.271 e. The third kappa shape index (κ3) is 7.75. The van der Waals surface area contributed by atoms with Gasteiger partial charge < -0.3 is 25.8 Å². The van der Waals surface area contributed by atoms with Crippen LogP contribution in [0.4, 0.5) is 0 Å². The zero-order chi connectivity index (χ0) is 34.7. The van der Waals surface area contributed by atoms with Crippen LogP contribution in [0.15, 0.2) is 71.2 Å². The first-order valence-corrected chi connectivity index (χ1v) is 16.6. The fraction of sp³-hybridized carbons (Fsp3) is 0.444. The largest absolute Gasteiger partial charge is 0.485 e. The molecule has 252 valence electrons. The van der Waals surface area contributed by atoms with Crippen molar-refractivity contribution in [3.05, 3.63) is 76.8 Å². The van der Waals surface area contributed by atoms with E-state index in [4.69, 9.17) is 16.2 Å². The van der Waals surface area contributed by atoms with E-state index in [-0.39, 0.29) is 18.9 Å². The summed E-state index contributed by atoms with van der Waals surface area (Å²) in [6.07, 6.45) is 0.698. The van der Waals surface area contributed by atoms with Crippen molar-refractivity contribution < 1.29 is 29.0 Å². The third-order valence-corrected chi connectivity index (χ3v) is 9.57. The lowest BCUT2D eigenvalue weighted by Crippen LogP contribution is -2.70. The van der Waals surface area contributed by atoms with E-state index in [1.165, 1.54) is 4.90 Å². The molecule has 1 saturated heterocycles. The first-order valence-electron chi connectivity index (χ1n) is 15.8. The predicted octanol–water partition coefficient (Wildman–Crippen LogP) is 3.88. The van der Waals surface area contributed by atoms with Crippen molar-refractivity contribution in [2.75, 3.05) is 13.2 Å². The Kier molecular flexibility index (Phi) is 11.0. The Hall–Kier alpha value is -3.64. The topological polar surface area (TPSA) is 165 Å². The number of carbonyl (C=O) groups excluding carboxylic acids is 4. The quantitative estimate of drug-likeness (QED) is 0.163. The molecule has 4 rings (SSSR count). The number of likely N-dealkylation sites (tertiary alicyclic amines) is 1. The van der Waals surface area contributed by atoms with Crippen LogP contribution in [0, 0.1) is 11.8 Å². The molecule has 1 heterocycles. The first kappa shape index (κ1) is 36.2. The second-order valence-corrected chi connectivity index (χ2v) is 14.5. The molecule has 0 spiro atoms. The average Bonchev–Trinajstić information content (AvgIpc) is 3.52. The van der Waals surface area contributed by atoms with Gasteiger partial charge in [-0.3, -0.25) is 24.9 Å². The van der Waals surface area contributed by atoms with Gasteiger partial charge in [-0.1, -0.05) is 74.5 Å². The molecular formula is C36H45BrN4O6. The van der Waals surface area contributed by atoms with Gasteiger partial charge in [0.25, 0.3) is 5.91 Å². The molecule has 0 bridgehead atoms. The van der Waals surface area contributed by atoms with E-state index in [0.29, 0.717) is 28.6 Å². The van der Waals surface area contributed by atoms with Crippen LogP contribution in [-0.2, 0) is 25.6 Å². The van der Waals surface area contributed by atoms with E-state index in [9.17, 15) is 24.3 Å². The lowest BCUT2D eigenvalue weighted by molar-refractivity contribution is -0.166. The SMILES string of the molecule is CC(C)[C@@](N)(C(=O)COc1ccc2ccccc2c1Br)C(=O)[C@@H](Cc1ccccc1)[C@](N)(O)C(=O)N1CCC[C@H]1C(=O)NC(C)(C)C. The summed E-state index contributed by atoms with van der Waals surface area (Å²) in [6.45, 7) is 8.33. The van der Waals surface area contributed by atoms with Crippen molar-refractivity contribution in [1.29, 1.82) is 0 Å². The normalized spacial score (nSPS) is 18.3. The molecular weight excluding hydrogens is 664 g/mol. The van der Waals surface area contributed by atoms with Crippen molar-refractivity contribution in [3.8, 4) is 5.75 Å². The van der Waals surface area contributed by atoms with Crippen molar-refractivity contribution >= 4 is 50.1 Å². The minimum absolute atomic E-state index is 0.165. The number of nitrogens with one attached hydrogen (secondary N) is 1. The molecule has 4 atom stereocenters. The summed E-state index contributed by atoms with van der Waals surface area (Å²) in [5, 5.41) is 16.6. The van der Waals surface area contributed by atoms with Crippen LogP contribution in [0.25, 0.3) is 10.8 Å². The molecule has 0 saturated carbocycles. The Morgan fingerprint density at radius 2 is 1.64 bits per heavy atom. The number of nitrogens with two attached hydrogens (primary N) is 2. The van der Waals surface area contributed by atoms with Gasteiger partial charge >= 0.3 is 0 Å². The molecule has 2 amide bonds. The van der Waals surface area contributed by atoms with Gasteiger partial charge in [-0.25, -0.2) is 0 Å². The van der Waals surface area contributed by atoms with E-state index in [1.54, 1.807) is 50.2 Å². The molecule has 6 N–H and O–H groups in total. The highest BCUT2D eigenvalue weighted by Crippen LogP contribution is 2.35. The molecule has 1 aliphatic heterocycles. The van der Waals surface area contributed by atoms with Gasteiger partial charge in [-0.05, 0) is 84.3 Å². The third-order valence-electron chi connectivity index (χ3n) is 8.75. The van der Waals surface area contributed by atoms with Crippen LogP contribution >= 0.6 is 15.9 Å². The lowest BCUT2D eigenvalue weighted by atomic mass is 9.70. The first-order chi connectivity index (χ1) is 22.0. The van der Waals surface area contributed by atoms with Gasteiger partial charge in [0.05, 0.1) is 10.4 Å². The number of aliphatic hydroxyl groups is 1. The van der Waals surface area contributed by atoms with E-state index < -0.39 is 58.8 Å². The molecule has 1 aliphatic rings. The maximum atomic E-state index is 14.6. The Balaban J connectivity index is 1.66. The molecule has 0 unspecified atom stereocenters. The van der Waals surface area contributed by atoms with Gasteiger partial charge in [-0.15, -0.1) is 0 Å². The minimum atomic E-state index is -2.79. The van der Waals surface area contributed by atoms with Crippen LogP contribution in [0.1, 0.15) is 53.0 Å². The maximum Gasteiger partial charge on any atom is 0.271 e. The van der Waals surface area contributed by atoms with E-state index in [2.05, 4.69) is 21.2 Å². The van der Waals surface area contributed by atoms with Crippen molar-refractivity contribution in [1.82, 2.24) is 10.2 Å². The van der Waals surface area contributed by atoms with Crippen LogP contribution in [0.5, 0.6) is 5.75 Å². The number of fused-ring (bicyclic) bond motifs is 1. The predicted molar refractivity (Wildman–Crippen MR) is 184 cm³/mol. The standard InChI is InChI=1S/C36H45BrN4O6/c1-22(2)35(38,29(42)21-47-28-18-17-24-14-9-10-15-25(24)30(28)37)31(43)26(20-23-12-7-6-8-13-23)36(39,46)33(45)41-19-11-16-27(41)32(44)40-34(3,4)5/h6-10,12-15,17-18,22,26-27,46H,11,16,19-21,38-39H2,1-5H3,(H,40,44)/t26-,27+,35-,36+/m1/s1. The molecule has 3 aromatic rings. The minimum Gasteiger partial charge on any atom is -0.485 e. The summed E-state index contributed by atoms with van der Waals surface area (Å²) in [4.78, 5) is 56.9. The van der Waals surface area contributed by atoms with Gasteiger partial charge in [0.1, 0.15) is 23.9 Å². The van der Waals surface area contributed by atoms with E-state index in [1.807, 2.05) is 51.1 Å². The van der Waals surface area contributed by atoms with Crippen LogP contribution in [0.3, 0.4) is 0 Å². The van der Waals surface area contributed by atoms with Crippen LogP contribution in [-0.4, -0.2) is 69.4 Å². The highest BCUT2D eigenvalue weighted by atomic mass is 79.9. The maximum absolute atomic E-state index is 14.6. The van der Waals surface area contributed by atoms with Crippen molar-refractivity contribution in [3.63, 3.8) is 0 Å². The fourth-order valence-electron chi connectivity index (χ4n) is 6.03. The summed E-state index contributed by atoms with van der Waals surface area (Å²) in [5.41, 5.74) is 8.26. The van der Waals surface area contributed by atoms with Crippen LogP contribution in [0.2, 0.25) is 0 Å². The molecule has 47 heavy (non-hydrogen) atoms. The van der Waals surface area contributed by atoms with Gasteiger partial charge in [0.2, 0.25) is 11.6 Å². The highest BCUT2D eigenvalue weighted by molar-refractivity contribution is 9.10. The number of hydrogen-bond donors (Lipinski definition) is 4. The van der Waals surface area contributed by atoms with E-state index >= 15 is 0 Å². The second-order valence-electron chi connectivity index (χ2n) is 13.7. The van der Waals surface area contributed by atoms with Crippen molar-refractivity contribution in [2.24, 2.45) is 23.3 Å². The Morgan fingerprint density at radius 1 is 1.00 bits per heavy atom. The monoisotopic (exact) mass is 708 g/mol. The van der Waals surface area contributed by atoms with Gasteiger partial charge in [-0.2, -0.15) is 0 Å². The number of amides is 2. The van der Waals surface area contributed by atoms with Crippen LogP contribution < -0.4 is 21.5 Å². The highest BCUT2D eigenvalue weighted by Gasteiger charge is 2.56. The summed E-state index contributed by atoms with van der Waals surface area (Å²) < 4.78 is 6.54. The number of nitrogens with zero attached hydrogens (tertiary/aromatic N) is 1. The average molecular weight is 710 g/mol. The number of halogens is 1. The fourth-order valence-corrected chi connectivity index (χ4v) is 6.64. The zero-order valence-corrected chi connectivity index (χ0v) is 29.2.